The summed E-state index contributed by atoms with van der Waals surface area (Å²) in [6.07, 6.45) is 4.08. The number of thioether (sulfide) groups is 2. The first-order valence-corrected chi connectivity index (χ1v) is 6.61. The quantitative estimate of drug-likeness (QED) is 0.474. The normalized spacial score (nSPS) is 12.0. The molecule has 0 atom stereocenters. The van der Waals surface area contributed by atoms with Crippen LogP contribution in [0.25, 0.3) is 0 Å². The number of rotatable bonds is 7. The van der Waals surface area contributed by atoms with E-state index in [1.165, 1.54) is 0 Å². The summed E-state index contributed by atoms with van der Waals surface area (Å²) in [5.41, 5.74) is -0.0716. The molecule has 0 fully saturated rings. The van der Waals surface area contributed by atoms with E-state index in [1.807, 2.05) is 6.26 Å². The summed E-state index contributed by atoms with van der Waals surface area (Å²) in [4.78, 5) is 0. The smallest absolute Gasteiger partial charge is 0.148 e. The molecule has 0 N–H and O–H groups in total. The molecular formula is C8H18O2S2. The van der Waals surface area contributed by atoms with E-state index >= 15 is 0 Å². The summed E-state index contributed by atoms with van der Waals surface area (Å²) in [7, 11) is 0. The van der Waals surface area contributed by atoms with Gasteiger partial charge in [-0.05, 0) is 26.4 Å². The van der Waals surface area contributed by atoms with E-state index in [9.17, 15) is 0 Å². The first-order chi connectivity index (χ1) is 5.62. The zero-order valence-electron chi connectivity index (χ0n) is 8.25. The van der Waals surface area contributed by atoms with E-state index in [0.717, 1.165) is 5.75 Å². The van der Waals surface area contributed by atoms with Crippen molar-refractivity contribution in [2.24, 2.45) is 0 Å². The van der Waals surface area contributed by atoms with E-state index in [2.05, 4.69) is 20.1 Å². The van der Waals surface area contributed by atoms with Crippen molar-refractivity contribution >= 4 is 23.5 Å². The monoisotopic (exact) mass is 210 g/mol. The lowest BCUT2D eigenvalue weighted by atomic mass is 10.2. The Morgan fingerprint density at radius 1 is 1.17 bits per heavy atom. The van der Waals surface area contributed by atoms with Gasteiger partial charge < -0.3 is 9.47 Å². The molecule has 0 saturated carbocycles. The van der Waals surface area contributed by atoms with Crippen LogP contribution in [-0.4, -0.2) is 36.6 Å². The average Bonchev–Trinajstić information content (AvgIpc) is 1.98. The number of ether oxygens (including phenoxy) is 2. The van der Waals surface area contributed by atoms with Crippen LogP contribution in [0.1, 0.15) is 13.8 Å². The summed E-state index contributed by atoms with van der Waals surface area (Å²) in [5, 5.41) is 0. The lowest BCUT2D eigenvalue weighted by Gasteiger charge is -2.23. The molecule has 0 saturated heterocycles. The van der Waals surface area contributed by atoms with Gasteiger partial charge in [-0.1, -0.05) is 0 Å². The van der Waals surface area contributed by atoms with Crippen molar-refractivity contribution in [3.8, 4) is 0 Å². The number of hydrogen-bond donors (Lipinski definition) is 0. The summed E-state index contributed by atoms with van der Waals surface area (Å²) in [6, 6.07) is 0. The van der Waals surface area contributed by atoms with Crippen LogP contribution < -0.4 is 0 Å². The third kappa shape index (κ3) is 7.28. The van der Waals surface area contributed by atoms with E-state index in [0.29, 0.717) is 12.7 Å². The Labute approximate surface area is 83.8 Å². The maximum Gasteiger partial charge on any atom is 0.148 e. The van der Waals surface area contributed by atoms with Crippen LogP contribution in [0.15, 0.2) is 0 Å². The van der Waals surface area contributed by atoms with Crippen LogP contribution in [-0.2, 0) is 9.47 Å². The minimum Gasteiger partial charge on any atom is -0.349 e. The van der Waals surface area contributed by atoms with Gasteiger partial charge in [-0.25, -0.2) is 0 Å². The molecule has 0 rings (SSSR count). The summed E-state index contributed by atoms with van der Waals surface area (Å²) in [5.74, 6) is 1.70. The standard InChI is InChI=1S/C8H18O2S2/c1-8(2,5-11-3)10-6-9-7-12-4/h5-7H2,1-4H3. The van der Waals surface area contributed by atoms with Gasteiger partial charge in [-0.15, -0.1) is 11.8 Å². The fraction of sp³-hybridized carbons (Fsp3) is 1.00. The van der Waals surface area contributed by atoms with Crippen LogP contribution >= 0.6 is 23.5 Å². The zero-order valence-corrected chi connectivity index (χ0v) is 9.89. The molecule has 0 aromatic rings. The predicted octanol–water partition coefficient (Wildman–Crippen LogP) is 2.44. The maximum absolute atomic E-state index is 5.52. The molecule has 0 aromatic carbocycles. The fourth-order valence-corrected chi connectivity index (χ4v) is 1.72. The predicted molar refractivity (Wildman–Crippen MR) is 57.9 cm³/mol. The Morgan fingerprint density at radius 3 is 2.33 bits per heavy atom. The van der Waals surface area contributed by atoms with Gasteiger partial charge >= 0.3 is 0 Å². The topological polar surface area (TPSA) is 18.5 Å². The van der Waals surface area contributed by atoms with Crippen LogP contribution in [0.2, 0.25) is 0 Å². The highest BCUT2D eigenvalue weighted by molar-refractivity contribution is 7.98. The molecule has 0 aromatic heterocycles. The molecule has 0 spiro atoms. The minimum absolute atomic E-state index is 0.0716. The lowest BCUT2D eigenvalue weighted by molar-refractivity contribution is -0.106. The van der Waals surface area contributed by atoms with Crippen LogP contribution in [0, 0.1) is 0 Å². The van der Waals surface area contributed by atoms with E-state index in [4.69, 9.17) is 9.47 Å². The SMILES string of the molecule is CSCOCOC(C)(C)CSC. The third-order valence-corrected chi connectivity index (χ3v) is 2.61. The van der Waals surface area contributed by atoms with Gasteiger partial charge in [0, 0.05) is 5.75 Å². The number of hydrogen-bond acceptors (Lipinski definition) is 4. The van der Waals surface area contributed by atoms with Gasteiger partial charge in [-0.2, -0.15) is 11.8 Å². The summed E-state index contributed by atoms with van der Waals surface area (Å²) >= 11 is 3.44. The van der Waals surface area contributed by atoms with Crippen molar-refractivity contribution in [3.05, 3.63) is 0 Å². The highest BCUT2D eigenvalue weighted by atomic mass is 32.2. The highest BCUT2D eigenvalue weighted by Crippen LogP contribution is 2.14. The van der Waals surface area contributed by atoms with Crippen molar-refractivity contribution in [2.45, 2.75) is 19.4 Å². The van der Waals surface area contributed by atoms with Gasteiger partial charge in [0.05, 0.1) is 11.5 Å². The molecule has 0 aliphatic rings. The van der Waals surface area contributed by atoms with E-state index in [1.54, 1.807) is 23.5 Å². The van der Waals surface area contributed by atoms with Gasteiger partial charge in [-0.3, -0.25) is 0 Å². The summed E-state index contributed by atoms with van der Waals surface area (Å²) in [6.45, 7) is 4.55. The second-order valence-corrected chi connectivity index (χ2v) is 4.74. The third-order valence-electron chi connectivity index (χ3n) is 1.23. The van der Waals surface area contributed by atoms with Crippen LogP contribution in [0.3, 0.4) is 0 Å². The molecule has 4 heteroatoms. The molecular weight excluding hydrogens is 192 g/mol. The van der Waals surface area contributed by atoms with Gasteiger partial charge in [0.2, 0.25) is 0 Å². The summed E-state index contributed by atoms with van der Waals surface area (Å²) < 4.78 is 10.7. The van der Waals surface area contributed by atoms with Gasteiger partial charge in [0.1, 0.15) is 6.79 Å². The highest BCUT2D eigenvalue weighted by Gasteiger charge is 2.16. The molecule has 0 aliphatic carbocycles. The van der Waals surface area contributed by atoms with Crippen molar-refractivity contribution in [2.75, 3.05) is 31.0 Å². The van der Waals surface area contributed by atoms with Gasteiger partial charge in [0.15, 0.2) is 0 Å². The Morgan fingerprint density at radius 2 is 1.83 bits per heavy atom. The van der Waals surface area contributed by atoms with Crippen molar-refractivity contribution < 1.29 is 9.47 Å². The second-order valence-electron chi connectivity index (χ2n) is 3.07. The Balaban J connectivity index is 3.33. The maximum atomic E-state index is 5.52. The lowest BCUT2D eigenvalue weighted by Crippen LogP contribution is -2.28. The van der Waals surface area contributed by atoms with Crippen LogP contribution in [0.5, 0.6) is 0 Å². The van der Waals surface area contributed by atoms with Crippen molar-refractivity contribution in [3.63, 3.8) is 0 Å². The Hall–Kier alpha value is 0.620. The Kier molecular flexibility index (Phi) is 7.43. The zero-order chi connectivity index (χ0) is 9.45. The van der Waals surface area contributed by atoms with Crippen LogP contribution in [0.4, 0.5) is 0 Å². The molecule has 2 nitrogen and oxygen atoms in total. The molecule has 0 aliphatic heterocycles. The average molecular weight is 210 g/mol. The molecule has 12 heavy (non-hydrogen) atoms. The molecule has 0 amide bonds. The first-order valence-electron chi connectivity index (χ1n) is 3.82. The minimum atomic E-state index is -0.0716. The molecule has 0 unspecified atom stereocenters. The molecule has 74 valence electrons. The molecule has 0 radical (unpaired) electrons. The molecule has 0 bridgehead atoms. The second kappa shape index (κ2) is 7.06. The molecule has 0 heterocycles. The van der Waals surface area contributed by atoms with Gasteiger partial charge in [0.25, 0.3) is 0 Å². The Bertz CT molecular complexity index is 107. The van der Waals surface area contributed by atoms with Crippen molar-refractivity contribution in [1.29, 1.82) is 0 Å². The largest absolute Gasteiger partial charge is 0.349 e. The van der Waals surface area contributed by atoms with Crippen molar-refractivity contribution in [1.82, 2.24) is 0 Å². The fourth-order valence-electron chi connectivity index (χ4n) is 0.708. The first kappa shape index (κ1) is 12.6. The van der Waals surface area contributed by atoms with E-state index in [-0.39, 0.29) is 5.60 Å². The van der Waals surface area contributed by atoms with E-state index < -0.39 is 0 Å².